The highest BCUT2D eigenvalue weighted by Gasteiger charge is 2.31. The third-order valence-corrected chi connectivity index (χ3v) is 6.46. The Morgan fingerprint density at radius 1 is 1.06 bits per heavy atom. The molecule has 0 unspecified atom stereocenters. The quantitative estimate of drug-likeness (QED) is 0.655. The lowest BCUT2D eigenvalue weighted by atomic mass is 9.96. The standard InChI is InChI=1S/C24H30N6O2/c1-24(2,32)19-9-5-8-17(25-19)21-26-18-10-11-20(27-22(18)28-21)30-14-6-7-16(15-30)23(31)29-12-3-4-13-29/h5,8-11,16,32H,3-4,6-7,12-15H2,1-2H3,(H,26,27,28)/t16-/m1/s1. The fourth-order valence-electron chi connectivity index (χ4n) is 4.67. The first kappa shape index (κ1) is 20.9. The zero-order valence-corrected chi connectivity index (χ0v) is 18.7. The molecule has 0 radical (unpaired) electrons. The van der Waals surface area contributed by atoms with Crippen molar-refractivity contribution in [2.75, 3.05) is 31.1 Å². The van der Waals surface area contributed by atoms with E-state index >= 15 is 0 Å². The van der Waals surface area contributed by atoms with E-state index < -0.39 is 5.60 Å². The van der Waals surface area contributed by atoms with Crippen molar-refractivity contribution in [3.8, 4) is 11.5 Å². The molecule has 168 valence electrons. The van der Waals surface area contributed by atoms with Gasteiger partial charge in [0, 0.05) is 26.2 Å². The van der Waals surface area contributed by atoms with Crippen molar-refractivity contribution in [2.45, 2.75) is 45.1 Å². The number of amides is 1. The van der Waals surface area contributed by atoms with Crippen molar-refractivity contribution in [1.29, 1.82) is 0 Å². The summed E-state index contributed by atoms with van der Waals surface area (Å²) >= 11 is 0. The SMILES string of the molecule is CC(C)(O)c1cccc(-c2nc3nc(N4CCC[C@@H](C(=O)N5CCCC5)C4)ccc3[nH]2)n1. The van der Waals surface area contributed by atoms with Gasteiger partial charge in [0.05, 0.1) is 17.1 Å². The third-order valence-electron chi connectivity index (χ3n) is 6.46. The molecule has 1 atom stereocenters. The lowest BCUT2D eigenvalue weighted by Crippen LogP contribution is -2.44. The molecule has 0 spiro atoms. The summed E-state index contributed by atoms with van der Waals surface area (Å²) in [5, 5.41) is 10.3. The minimum Gasteiger partial charge on any atom is -0.384 e. The molecule has 2 N–H and O–H groups in total. The molecule has 8 heteroatoms. The number of aromatic nitrogens is 4. The molecule has 5 heterocycles. The predicted molar refractivity (Wildman–Crippen MR) is 123 cm³/mol. The molecule has 8 nitrogen and oxygen atoms in total. The number of aliphatic hydroxyl groups is 1. The summed E-state index contributed by atoms with van der Waals surface area (Å²) in [7, 11) is 0. The first-order valence-electron chi connectivity index (χ1n) is 11.5. The van der Waals surface area contributed by atoms with E-state index in [0.717, 1.165) is 56.7 Å². The zero-order chi connectivity index (χ0) is 22.3. The van der Waals surface area contributed by atoms with Gasteiger partial charge in [-0.1, -0.05) is 6.07 Å². The topological polar surface area (TPSA) is 98.2 Å². The predicted octanol–water partition coefficient (Wildman–Crippen LogP) is 3.09. The Morgan fingerprint density at radius 2 is 1.88 bits per heavy atom. The highest BCUT2D eigenvalue weighted by molar-refractivity contribution is 5.80. The van der Waals surface area contributed by atoms with Crippen molar-refractivity contribution >= 4 is 22.9 Å². The number of nitrogens with zero attached hydrogens (tertiary/aromatic N) is 5. The number of fused-ring (bicyclic) bond motifs is 1. The van der Waals surface area contributed by atoms with Crippen LogP contribution in [0.1, 0.15) is 45.2 Å². The molecule has 1 amide bonds. The van der Waals surface area contributed by atoms with Crippen molar-refractivity contribution in [2.24, 2.45) is 5.92 Å². The second kappa shape index (κ2) is 8.16. The van der Waals surface area contributed by atoms with Gasteiger partial charge in [-0.2, -0.15) is 0 Å². The molecule has 3 aromatic rings. The molecule has 5 rings (SSSR count). The van der Waals surface area contributed by atoms with E-state index in [9.17, 15) is 9.90 Å². The van der Waals surface area contributed by atoms with Crippen molar-refractivity contribution in [3.63, 3.8) is 0 Å². The molecule has 0 saturated carbocycles. The normalized spacial score (nSPS) is 19.7. The van der Waals surface area contributed by atoms with E-state index in [2.05, 4.69) is 19.9 Å². The van der Waals surface area contributed by atoms with E-state index in [1.54, 1.807) is 19.9 Å². The zero-order valence-electron chi connectivity index (χ0n) is 18.7. The average molecular weight is 435 g/mol. The minimum atomic E-state index is -1.02. The molecule has 2 aliphatic heterocycles. The number of nitrogens with one attached hydrogen (secondary N) is 1. The summed E-state index contributed by atoms with van der Waals surface area (Å²) in [6.07, 6.45) is 4.18. The monoisotopic (exact) mass is 434 g/mol. The number of rotatable bonds is 4. The van der Waals surface area contributed by atoms with E-state index in [0.29, 0.717) is 35.3 Å². The summed E-state index contributed by atoms with van der Waals surface area (Å²) in [6.45, 7) is 6.84. The maximum atomic E-state index is 12.9. The molecular weight excluding hydrogens is 404 g/mol. The Kier molecular flexibility index (Phi) is 5.33. The van der Waals surface area contributed by atoms with Crippen LogP contribution in [-0.4, -0.2) is 62.0 Å². The molecule has 0 aromatic carbocycles. The number of hydrogen-bond acceptors (Lipinski definition) is 6. The van der Waals surface area contributed by atoms with Crippen molar-refractivity contribution in [3.05, 3.63) is 36.0 Å². The van der Waals surface area contributed by atoms with Gasteiger partial charge in [0.15, 0.2) is 11.5 Å². The molecular formula is C24H30N6O2. The van der Waals surface area contributed by atoms with Gasteiger partial charge >= 0.3 is 0 Å². The van der Waals surface area contributed by atoms with Crippen LogP contribution in [0.25, 0.3) is 22.7 Å². The lowest BCUT2D eigenvalue weighted by molar-refractivity contribution is -0.134. The maximum absolute atomic E-state index is 12.9. The Balaban J connectivity index is 1.38. The van der Waals surface area contributed by atoms with Gasteiger partial charge in [0.2, 0.25) is 5.91 Å². The van der Waals surface area contributed by atoms with Crippen LogP contribution in [0.15, 0.2) is 30.3 Å². The van der Waals surface area contributed by atoms with Gasteiger partial charge in [-0.15, -0.1) is 0 Å². The lowest BCUT2D eigenvalue weighted by Gasteiger charge is -2.34. The molecule has 0 bridgehead atoms. The average Bonchev–Trinajstić information content (AvgIpc) is 3.48. The Labute approximate surface area is 187 Å². The molecule has 32 heavy (non-hydrogen) atoms. The van der Waals surface area contributed by atoms with Gasteiger partial charge in [-0.3, -0.25) is 4.79 Å². The van der Waals surface area contributed by atoms with Crippen LogP contribution in [0, 0.1) is 5.92 Å². The largest absolute Gasteiger partial charge is 0.384 e. The maximum Gasteiger partial charge on any atom is 0.227 e. The van der Waals surface area contributed by atoms with Gasteiger partial charge < -0.3 is 19.9 Å². The Bertz CT molecular complexity index is 1130. The van der Waals surface area contributed by atoms with Gasteiger partial charge in [-0.25, -0.2) is 15.0 Å². The number of pyridine rings is 2. The van der Waals surface area contributed by atoms with Crippen LogP contribution < -0.4 is 4.90 Å². The number of imidazole rings is 1. The van der Waals surface area contributed by atoms with Crippen LogP contribution in [-0.2, 0) is 10.4 Å². The fraction of sp³-hybridized carbons (Fsp3) is 0.500. The molecule has 3 aromatic heterocycles. The van der Waals surface area contributed by atoms with Crippen LogP contribution >= 0.6 is 0 Å². The highest BCUT2D eigenvalue weighted by Crippen LogP contribution is 2.27. The molecule has 0 aliphatic carbocycles. The summed E-state index contributed by atoms with van der Waals surface area (Å²) in [6, 6.07) is 9.52. The minimum absolute atomic E-state index is 0.0443. The summed E-state index contributed by atoms with van der Waals surface area (Å²) in [5.74, 6) is 1.82. The third kappa shape index (κ3) is 4.07. The van der Waals surface area contributed by atoms with Crippen LogP contribution in [0.4, 0.5) is 5.82 Å². The van der Waals surface area contributed by atoms with Crippen molar-refractivity contribution in [1.82, 2.24) is 24.8 Å². The second-order valence-electron chi connectivity index (χ2n) is 9.41. The number of piperidine rings is 1. The first-order valence-corrected chi connectivity index (χ1v) is 11.5. The van der Waals surface area contributed by atoms with Crippen LogP contribution in [0.5, 0.6) is 0 Å². The van der Waals surface area contributed by atoms with Crippen LogP contribution in [0.3, 0.4) is 0 Å². The smallest absolute Gasteiger partial charge is 0.227 e. The number of hydrogen-bond donors (Lipinski definition) is 2. The summed E-state index contributed by atoms with van der Waals surface area (Å²) in [5.41, 5.74) is 1.69. The van der Waals surface area contributed by atoms with Crippen LogP contribution in [0.2, 0.25) is 0 Å². The second-order valence-corrected chi connectivity index (χ2v) is 9.41. The Hall–Kier alpha value is -3.00. The van der Waals surface area contributed by atoms with E-state index in [-0.39, 0.29) is 5.92 Å². The van der Waals surface area contributed by atoms with E-state index in [4.69, 9.17) is 4.98 Å². The number of carbonyl (C=O) groups excluding carboxylic acids is 1. The van der Waals surface area contributed by atoms with Gasteiger partial charge in [0.1, 0.15) is 17.1 Å². The molecule has 2 saturated heterocycles. The summed E-state index contributed by atoms with van der Waals surface area (Å²) in [4.78, 5) is 34.4. The summed E-state index contributed by atoms with van der Waals surface area (Å²) < 4.78 is 0. The number of aromatic amines is 1. The Morgan fingerprint density at radius 3 is 2.66 bits per heavy atom. The molecule has 2 aliphatic rings. The number of H-pyrrole nitrogens is 1. The number of likely N-dealkylation sites (tertiary alicyclic amines) is 1. The van der Waals surface area contributed by atoms with E-state index in [1.807, 2.05) is 29.2 Å². The van der Waals surface area contributed by atoms with Gasteiger partial charge in [0.25, 0.3) is 0 Å². The number of anilines is 1. The van der Waals surface area contributed by atoms with Crippen molar-refractivity contribution < 1.29 is 9.90 Å². The number of carbonyl (C=O) groups is 1. The first-order chi connectivity index (χ1) is 15.4. The van der Waals surface area contributed by atoms with E-state index in [1.165, 1.54) is 0 Å². The fourth-order valence-corrected chi connectivity index (χ4v) is 4.67. The molecule has 2 fully saturated rings. The highest BCUT2D eigenvalue weighted by atomic mass is 16.3. The van der Waals surface area contributed by atoms with Gasteiger partial charge in [-0.05, 0) is 63.8 Å².